The summed E-state index contributed by atoms with van der Waals surface area (Å²) < 4.78 is 77.6. The number of halogens is 6. The Morgan fingerprint density at radius 3 is 2.44 bits per heavy atom. The first-order chi connectivity index (χ1) is 11.4. The van der Waals surface area contributed by atoms with Crippen LogP contribution in [-0.4, -0.2) is 19.3 Å². The second-order valence-corrected chi connectivity index (χ2v) is 7.46. The molecule has 134 valence electrons. The molecule has 1 aromatic heterocycles. The summed E-state index contributed by atoms with van der Waals surface area (Å²) in [7, 11) is -4.53. The third kappa shape index (κ3) is 4.47. The highest BCUT2D eigenvalue weighted by molar-refractivity contribution is 9.10. The number of amides is 1. The largest absolute Gasteiger partial charge is 0.417 e. The summed E-state index contributed by atoms with van der Waals surface area (Å²) in [6, 6.07) is 2.26. The van der Waals surface area contributed by atoms with E-state index < -0.39 is 43.9 Å². The SMILES string of the molecule is O=C(NS(=O)(=O)c1cnc(Cl)c(Br)c1)c1ccc(F)cc1C(F)(F)F. The van der Waals surface area contributed by atoms with E-state index in [1.54, 1.807) is 0 Å². The van der Waals surface area contributed by atoms with Gasteiger partial charge in [-0.3, -0.25) is 4.79 Å². The van der Waals surface area contributed by atoms with Crippen molar-refractivity contribution >= 4 is 43.5 Å². The third-order valence-corrected chi connectivity index (χ3v) is 5.27. The molecule has 0 spiro atoms. The highest BCUT2D eigenvalue weighted by Gasteiger charge is 2.36. The monoisotopic (exact) mass is 460 g/mol. The van der Waals surface area contributed by atoms with E-state index in [1.165, 1.54) is 4.72 Å². The number of carbonyl (C=O) groups excluding carboxylic acids is 1. The van der Waals surface area contributed by atoms with Gasteiger partial charge in [-0.25, -0.2) is 22.5 Å². The molecule has 0 unspecified atom stereocenters. The van der Waals surface area contributed by atoms with Gasteiger partial charge in [0.05, 0.1) is 15.6 Å². The zero-order valence-corrected chi connectivity index (χ0v) is 14.9. The van der Waals surface area contributed by atoms with E-state index in [0.29, 0.717) is 12.1 Å². The second-order valence-electron chi connectivity index (χ2n) is 4.57. The summed E-state index contributed by atoms with van der Waals surface area (Å²) >= 11 is 8.55. The van der Waals surface area contributed by atoms with Crippen LogP contribution in [0.4, 0.5) is 17.6 Å². The van der Waals surface area contributed by atoms with Gasteiger partial charge in [-0.05, 0) is 40.2 Å². The Morgan fingerprint density at radius 2 is 1.88 bits per heavy atom. The van der Waals surface area contributed by atoms with E-state index in [0.717, 1.165) is 12.3 Å². The predicted octanol–water partition coefficient (Wildman–Crippen LogP) is 3.77. The molecule has 2 aromatic rings. The highest BCUT2D eigenvalue weighted by atomic mass is 79.9. The van der Waals surface area contributed by atoms with Gasteiger partial charge in [-0.2, -0.15) is 13.2 Å². The standard InChI is InChI=1S/C13H6BrClF4N2O3S/c14-10-4-7(5-20-11(10)15)25(23,24)21-12(22)8-2-1-6(16)3-9(8)13(17,18)19/h1-5H,(H,21,22). The van der Waals surface area contributed by atoms with Crippen molar-refractivity contribution < 1.29 is 30.8 Å². The molecule has 1 heterocycles. The number of alkyl halides is 3. The maximum absolute atomic E-state index is 13.1. The summed E-state index contributed by atoms with van der Waals surface area (Å²) in [6.45, 7) is 0. The zero-order valence-electron chi connectivity index (χ0n) is 11.7. The minimum Gasteiger partial charge on any atom is -0.268 e. The number of aromatic nitrogens is 1. The fourth-order valence-corrected chi connectivity index (χ4v) is 3.28. The molecule has 0 saturated heterocycles. The third-order valence-electron chi connectivity index (χ3n) is 2.84. The average molecular weight is 462 g/mol. The summed E-state index contributed by atoms with van der Waals surface area (Å²) in [5.41, 5.74) is -2.64. The van der Waals surface area contributed by atoms with Crippen LogP contribution in [0.2, 0.25) is 5.15 Å². The van der Waals surface area contributed by atoms with Crippen LogP contribution in [0.3, 0.4) is 0 Å². The van der Waals surface area contributed by atoms with Gasteiger partial charge < -0.3 is 0 Å². The van der Waals surface area contributed by atoms with Crippen molar-refractivity contribution in [3.63, 3.8) is 0 Å². The molecule has 0 aliphatic carbocycles. The smallest absolute Gasteiger partial charge is 0.268 e. The number of pyridine rings is 1. The predicted molar refractivity (Wildman–Crippen MR) is 83.0 cm³/mol. The van der Waals surface area contributed by atoms with Crippen molar-refractivity contribution in [1.82, 2.24) is 9.71 Å². The number of sulfonamides is 1. The van der Waals surface area contributed by atoms with Gasteiger partial charge in [-0.1, -0.05) is 11.6 Å². The lowest BCUT2D eigenvalue weighted by atomic mass is 10.1. The van der Waals surface area contributed by atoms with Crippen LogP contribution < -0.4 is 4.72 Å². The molecule has 0 saturated carbocycles. The lowest BCUT2D eigenvalue weighted by Crippen LogP contribution is -2.32. The fourth-order valence-electron chi connectivity index (χ4n) is 1.74. The highest BCUT2D eigenvalue weighted by Crippen LogP contribution is 2.32. The number of hydrogen-bond donors (Lipinski definition) is 1. The number of benzene rings is 1. The minimum absolute atomic E-state index is 0.0526. The molecule has 1 amide bonds. The van der Waals surface area contributed by atoms with Gasteiger partial charge in [-0.15, -0.1) is 0 Å². The van der Waals surface area contributed by atoms with Crippen LogP contribution in [0.25, 0.3) is 0 Å². The number of hydrogen-bond acceptors (Lipinski definition) is 4. The van der Waals surface area contributed by atoms with Crippen LogP contribution in [0.1, 0.15) is 15.9 Å². The molecule has 1 N–H and O–H groups in total. The van der Waals surface area contributed by atoms with Crippen LogP contribution >= 0.6 is 27.5 Å². The van der Waals surface area contributed by atoms with Crippen LogP contribution in [-0.2, 0) is 16.2 Å². The molecule has 0 aliphatic rings. The van der Waals surface area contributed by atoms with Gasteiger partial charge in [0.1, 0.15) is 15.9 Å². The molecule has 1 aromatic carbocycles. The first-order valence-corrected chi connectivity index (χ1v) is 8.82. The van der Waals surface area contributed by atoms with Crippen LogP contribution in [0, 0.1) is 5.82 Å². The molecular formula is C13H6BrClF4N2O3S. The molecule has 12 heteroatoms. The zero-order chi connectivity index (χ0) is 19.0. The van der Waals surface area contributed by atoms with E-state index in [4.69, 9.17) is 11.6 Å². The molecule has 0 fully saturated rings. The Bertz CT molecular complexity index is 951. The maximum atomic E-state index is 13.1. The van der Waals surface area contributed by atoms with Gasteiger partial charge in [0, 0.05) is 6.20 Å². The molecule has 0 atom stereocenters. The summed E-state index contributed by atoms with van der Waals surface area (Å²) in [5.74, 6) is -2.80. The van der Waals surface area contributed by atoms with Crippen molar-refractivity contribution in [3.8, 4) is 0 Å². The quantitative estimate of drug-likeness (QED) is 0.558. The Hall–Kier alpha value is -1.72. The van der Waals surface area contributed by atoms with Crippen molar-refractivity contribution in [3.05, 3.63) is 57.0 Å². The Balaban J connectivity index is 2.41. The Labute approximate surface area is 152 Å². The average Bonchev–Trinajstić information content (AvgIpc) is 2.48. The first-order valence-electron chi connectivity index (χ1n) is 6.17. The molecule has 5 nitrogen and oxygen atoms in total. The van der Waals surface area contributed by atoms with Crippen molar-refractivity contribution in [2.45, 2.75) is 11.1 Å². The van der Waals surface area contributed by atoms with Gasteiger partial charge >= 0.3 is 6.18 Å². The van der Waals surface area contributed by atoms with Crippen molar-refractivity contribution in [2.24, 2.45) is 0 Å². The summed E-state index contributed by atoms with van der Waals surface area (Å²) in [4.78, 5) is 15.0. The van der Waals surface area contributed by atoms with Gasteiger partial charge in [0.25, 0.3) is 15.9 Å². The van der Waals surface area contributed by atoms with E-state index in [9.17, 15) is 30.8 Å². The lowest BCUT2D eigenvalue weighted by Gasteiger charge is -2.13. The number of nitrogens with one attached hydrogen (secondary N) is 1. The second kappa shape index (κ2) is 6.89. The fraction of sp³-hybridized carbons (Fsp3) is 0.0769. The summed E-state index contributed by atoms with van der Waals surface area (Å²) in [6.07, 6.45) is -4.23. The number of nitrogens with zero attached hydrogens (tertiary/aromatic N) is 1. The van der Waals surface area contributed by atoms with Crippen LogP contribution in [0.5, 0.6) is 0 Å². The minimum atomic E-state index is -5.05. The Morgan fingerprint density at radius 1 is 1.24 bits per heavy atom. The van der Waals surface area contributed by atoms with Crippen molar-refractivity contribution in [1.29, 1.82) is 0 Å². The molecule has 0 radical (unpaired) electrons. The van der Waals surface area contributed by atoms with Gasteiger partial charge in [0.15, 0.2) is 0 Å². The molecule has 2 rings (SSSR count). The normalized spacial score (nSPS) is 12.1. The summed E-state index contributed by atoms with van der Waals surface area (Å²) in [5, 5.41) is -0.0526. The number of rotatable bonds is 3. The lowest BCUT2D eigenvalue weighted by molar-refractivity contribution is -0.138. The van der Waals surface area contributed by atoms with E-state index in [2.05, 4.69) is 20.9 Å². The van der Waals surface area contributed by atoms with Crippen LogP contribution in [0.15, 0.2) is 39.8 Å². The Kier molecular flexibility index (Phi) is 5.40. The molecular weight excluding hydrogens is 456 g/mol. The maximum Gasteiger partial charge on any atom is 0.417 e. The first kappa shape index (κ1) is 19.6. The molecule has 0 aliphatic heterocycles. The number of carbonyl (C=O) groups is 1. The van der Waals surface area contributed by atoms with E-state index >= 15 is 0 Å². The topological polar surface area (TPSA) is 76.1 Å². The molecule has 25 heavy (non-hydrogen) atoms. The van der Waals surface area contributed by atoms with E-state index in [-0.39, 0.29) is 15.7 Å². The van der Waals surface area contributed by atoms with Crippen molar-refractivity contribution in [2.75, 3.05) is 0 Å². The van der Waals surface area contributed by atoms with E-state index in [1.807, 2.05) is 0 Å². The molecule has 0 bridgehead atoms. The van der Waals surface area contributed by atoms with Gasteiger partial charge in [0.2, 0.25) is 0 Å².